The van der Waals surface area contributed by atoms with Crippen LogP contribution < -0.4 is 10.7 Å². The Hall–Kier alpha value is -2.26. The van der Waals surface area contributed by atoms with Gasteiger partial charge in [0.2, 0.25) is 0 Å². The summed E-state index contributed by atoms with van der Waals surface area (Å²) in [7, 11) is 0. The lowest BCUT2D eigenvalue weighted by Crippen LogP contribution is -2.27. The van der Waals surface area contributed by atoms with Gasteiger partial charge in [0.15, 0.2) is 11.6 Å². The van der Waals surface area contributed by atoms with E-state index in [1.165, 1.54) is 12.1 Å². The van der Waals surface area contributed by atoms with Gasteiger partial charge in [-0.25, -0.2) is 13.2 Å². The number of anilines is 1. The first kappa shape index (κ1) is 14.8. The molecule has 0 atom stereocenters. The highest BCUT2D eigenvalue weighted by molar-refractivity contribution is 9.10. The third-order valence-corrected chi connectivity index (χ3v) is 2.58. The van der Waals surface area contributed by atoms with Crippen molar-refractivity contribution >= 4 is 21.6 Å². The lowest BCUT2D eigenvalue weighted by Gasteiger charge is -2.14. The van der Waals surface area contributed by atoms with E-state index in [0.717, 1.165) is 0 Å². The number of halogens is 5. The maximum absolute atomic E-state index is 13.4. The molecular weight excluding hydrogens is 332 g/mol. The van der Waals surface area contributed by atoms with Crippen LogP contribution in [0.5, 0.6) is 0 Å². The molecule has 0 heterocycles. The highest BCUT2D eigenvalue weighted by atomic mass is 79.9. The zero-order chi connectivity index (χ0) is 14.6. The van der Waals surface area contributed by atoms with Crippen LogP contribution in [0.4, 0.5) is 23.3 Å². The molecule has 0 unspecified atom stereocenters. The summed E-state index contributed by atoms with van der Waals surface area (Å²) in [5, 5.41) is 16.2. The van der Waals surface area contributed by atoms with E-state index in [1.54, 1.807) is 5.43 Å². The quantitative estimate of drug-likeness (QED) is 0.230. The van der Waals surface area contributed by atoms with Gasteiger partial charge in [0.1, 0.15) is 29.2 Å². The predicted molar refractivity (Wildman–Crippen MR) is 60.0 cm³/mol. The predicted octanol–water partition coefficient (Wildman–Crippen LogP) is 2.99. The van der Waals surface area contributed by atoms with E-state index in [-0.39, 0.29) is 0 Å². The standard InChI is InChI=1S/C10H3BrF4N4/c11-8-6(12)1-7(9(13)10(8)14)19(15)18-4-5(2-16)3-17/h1,4,18H. The molecule has 1 N–H and O–H groups in total. The van der Waals surface area contributed by atoms with E-state index in [1.807, 2.05) is 0 Å². The molecule has 0 aliphatic rings. The van der Waals surface area contributed by atoms with Crippen LogP contribution in [0, 0.1) is 40.1 Å². The molecule has 0 amide bonds. The molecule has 4 nitrogen and oxygen atoms in total. The fourth-order valence-electron chi connectivity index (χ4n) is 0.984. The topological polar surface area (TPSA) is 62.9 Å². The van der Waals surface area contributed by atoms with Crippen molar-refractivity contribution in [2.45, 2.75) is 0 Å². The van der Waals surface area contributed by atoms with Gasteiger partial charge in [-0.2, -0.15) is 10.5 Å². The molecule has 0 fully saturated rings. The molecular formula is C10H3BrF4N4. The van der Waals surface area contributed by atoms with E-state index >= 15 is 0 Å². The maximum Gasteiger partial charge on any atom is 0.188 e. The monoisotopic (exact) mass is 334 g/mol. The second kappa shape index (κ2) is 6.07. The van der Waals surface area contributed by atoms with E-state index in [0.29, 0.717) is 12.3 Å². The molecule has 0 aromatic heterocycles. The smallest absolute Gasteiger partial charge is 0.188 e. The molecule has 0 saturated carbocycles. The largest absolute Gasteiger partial charge is 0.275 e. The second-order valence-electron chi connectivity index (χ2n) is 3.01. The van der Waals surface area contributed by atoms with Gasteiger partial charge in [-0.05, 0) is 15.9 Å². The van der Waals surface area contributed by atoms with Gasteiger partial charge >= 0.3 is 0 Å². The first-order chi connectivity index (χ1) is 8.92. The molecule has 1 aromatic rings. The summed E-state index contributed by atoms with van der Waals surface area (Å²) in [4.78, 5) is 0. The van der Waals surface area contributed by atoms with Gasteiger partial charge in [0.05, 0.1) is 4.47 Å². The van der Waals surface area contributed by atoms with Crippen LogP contribution in [0.1, 0.15) is 0 Å². The fourth-order valence-corrected chi connectivity index (χ4v) is 1.27. The SMILES string of the molecule is N#CC(C#N)=CNN(F)c1cc(F)c(Br)c(F)c1F. The van der Waals surface area contributed by atoms with Crippen molar-refractivity contribution in [1.82, 2.24) is 5.43 Å². The molecule has 19 heavy (non-hydrogen) atoms. The van der Waals surface area contributed by atoms with Crippen molar-refractivity contribution < 1.29 is 17.7 Å². The fraction of sp³-hybridized carbons (Fsp3) is 0. The third-order valence-electron chi connectivity index (χ3n) is 1.86. The van der Waals surface area contributed by atoms with Crippen molar-refractivity contribution in [2.75, 3.05) is 5.23 Å². The number of rotatable bonds is 3. The van der Waals surface area contributed by atoms with E-state index in [2.05, 4.69) is 15.9 Å². The lowest BCUT2D eigenvalue weighted by atomic mass is 10.3. The number of benzene rings is 1. The number of nitrogens with zero attached hydrogens (tertiary/aromatic N) is 3. The Balaban J connectivity index is 3.09. The summed E-state index contributed by atoms with van der Waals surface area (Å²) in [6, 6.07) is 3.19. The molecule has 1 rings (SSSR count). The Morgan fingerprint density at radius 3 is 2.37 bits per heavy atom. The molecule has 0 bridgehead atoms. The minimum Gasteiger partial charge on any atom is -0.275 e. The first-order valence-corrected chi connectivity index (χ1v) is 5.27. The van der Waals surface area contributed by atoms with Crippen LogP contribution in [0.3, 0.4) is 0 Å². The summed E-state index contributed by atoms with van der Waals surface area (Å²) >= 11 is 2.45. The molecule has 0 spiro atoms. The molecule has 0 saturated heterocycles. The third kappa shape index (κ3) is 3.14. The molecule has 0 aliphatic carbocycles. The van der Waals surface area contributed by atoms with Crippen LogP contribution in [-0.2, 0) is 0 Å². The van der Waals surface area contributed by atoms with Crippen molar-refractivity contribution in [3.63, 3.8) is 0 Å². The molecule has 98 valence electrons. The minimum absolute atomic E-state index is 0.391. The van der Waals surface area contributed by atoms with E-state index in [4.69, 9.17) is 10.5 Å². The van der Waals surface area contributed by atoms with Gasteiger partial charge in [-0.1, -0.05) is 4.48 Å². The molecule has 0 aliphatic heterocycles. The Morgan fingerprint density at radius 2 is 1.84 bits per heavy atom. The average molecular weight is 335 g/mol. The second-order valence-corrected chi connectivity index (χ2v) is 3.80. The minimum atomic E-state index is -1.65. The zero-order valence-corrected chi connectivity index (χ0v) is 10.5. The van der Waals surface area contributed by atoms with Crippen LogP contribution in [0.2, 0.25) is 0 Å². The van der Waals surface area contributed by atoms with Crippen LogP contribution in [0.15, 0.2) is 22.3 Å². The van der Waals surface area contributed by atoms with Gasteiger partial charge in [-0.3, -0.25) is 5.43 Å². The van der Waals surface area contributed by atoms with Gasteiger partial charge < -0.3 is 0 Å². The Kier molecular flexibility index (Phi) is 4.73. The van der Waals surface area contributed by atoms with Gasteiger partial charge in [0.25, 0.3) is 0 Å². The van der Waals surface area contributed by atoms with Gasteiger partial charge in [0, 0.05) is 12.3 Å². The number of nitrogens with one attached hydrogen (secondary N) is 1. The van der Waals surface area contributed by atoms with Crippen molar-refractivity contribution in [3.8, 4) is 12.1 Å². The van der Waals surface area contributed by atoms with Crippen molar-refractivity contribution in [1.29, 1.82) is 10.5 Å². The Morgan fingerprint density at radius 1 is 1.26 bits per heavy atom. The molecule has 1 aromatic carbocycles. The van der Waals surface area contributed by atoms with Crippen molar-refractivity contribution in [2.24, 2.45) is 0 Å². The van der Waals surface area contributed by atoms with Gasteiger partial charge in [-0.15, -0.1) is 5.23 Å². The normalized spacial score (nSPS) is 9.21. The van der Waals surface area contributed by atoms with Crippen molar-refractivity contribution in [3.05, 3.63) is 39.8 Å². The summed E-state index contributed by atoms with van der Waals surface area (Å²) in [6.45, 7) is 0. The highest BCUT2D eigenvalue weighted by Gasteiger charge is 2.21. The number of hydrazine groups is 1. The molecule has 0 radical (unpaired) electrons. The van der Waals surface area contributed by atoms with Crippen LogP contribution in [-0.4, -0.2) is 0 Å². The number of allylic oxidation sites excluding steroid dienone is 1. The summed E-state index contributed by atoms with van der Waals surface area (Å²) in [6.07, 6.45) is 0.608. The lowest BCUT2D eigenvalue weighted by molar-refractivity contribution is 0.380. The van der Waals surface area contributed by atoms with E-state index < -0.39 is 38.4 Å². The number of hydrogen-bond donors (Lipinski definition) is 1. The maximum atomic E-state index is 13.4. The summed E-state index contributed by atoms with van der Waals surface area (Å²) in [5.74, 6) is -4.47. The Bertz CT molecular complexity index is 601. The van der Waals surface area contributed by atoms with Crippen LogP contribution in [0.25, 0.3) is 0 Å². The summed E-state index contributed by atoms with van der Waals surface area (Å²) in [5.41, 5.74) is 0.0947. The Labute approximate surface area is 113 Å². The summed E-state index contributed by atoms with van der Waals surface area (Å²) < 4.78 is 52.2. The average Bonchev–Trinajstić information content (AvgIpc) is 2.41. The first-order valence-electron chi connectivity index (χ1n) is 4.47. The number of hydrogen-bond acceptors (Lipinski definition) is 4. The molecule has 9 heteroatoms. The highest BCUT2D eigenvalue weighted by Crippen LogP contribution is 2.29. The van der Waals surface area contributed by atoms with Crippen LogP contribution >= 0.6 is 15.9 Å². The number of nitriles is 2. The zero-order valence-electron chi connectivity index (χ0n) is 8.89. The van der Waals surface area contributed by atoms with E-state index in [9.17, 15) is 17.7 Å².